The summed E-state index contributed by atoms with van der Waals surface area (Å²) in [5.41, 5.74) is -0.450. The van der Waals surface area contributed by atoms with Gasteiger partial charge in [-0.25, -0.2) is 4.79 Å². The minimum Gasteiger partial charge on any atom is -0.444 e. The highest BCUT2D eigenvalue weighted by atomic mass is 32.1. The van der Waals surface area contributed by atoms with Gasteiger partial charge in [0.25, 0.3) is 0 Å². The molecular weight excluding hydrogens is 284 g/mol. The standard InChI is InChI=1S/C16H28N2O2S/c1-6-13(14-8-7-11-21-14)17-10-9-12(2)18-15(19)20-16(3,4)5/h7-8,11-13,17H,6,9-10H2,1-5H3,(H,18,19). The summed E-state index contributed by atoms with van der Waals surface area (Å²) in [4.78, 5) is 13.0. The second-order valence-electron chi connectivity index (χ2n) is 6.27. The molecule has 21 heavy (non-hydrogen) atoms. The van der Waals surface area contributed by atoms with E-state index >= 15 is 0 Å². The van der Waals surface area contributed by atoms with Crippen molar-refractivity contribution in [3.8, 4) is 0 Å². The quantitative estimate of drug-likeness (QED) is 0.797. The molecule has 0 radical (unpaired) electrons. The van der Waals surface area contributed by atoms with Crippen molar-refractivity contribution < 1.29 is 9.53 Å². The normalized spacial score (nSPS) is 14.5. The SMILES string of the molecule is CCC(NCCC(C)NC(=O)OC(C)(C)C)c1cccs1. The van der Waals surface area contributed by atoms with Crippen LogP contribution in [0.3, 0.4) is 0 Å². The minimum absolute atomic E-state index is 0.0909. The van der Waals surface area contributed by atoms with Gasteiger partial charge in [-0.1, -0.05) is 13.0 Å². The predicted octanol–water partition coefficient (Wildman–Crippen LogP) is 4.09. The number of carbonyl (C=O) groups is 1. The monoisotopic (exact) mass is 312 g/mol. The van der Waals surface area contributed by atoms with E-state index in [2.05, 4.69) is 35.1 Å². The average Bonchev–Trinajstić information content (AvgIpc) is 2.85. The summed E-state index contributed by atoms with van der Waals surface area (Å²) in [6, 6.07) is 4.73. The molecule has 1 heterocycles. The third-order valence-corrected chi connectivity index (χ3v) is 4.01. The molecule has 120 valence electrons. The molecule has 0 aliphatic heterocycles. The van der Waals surface area contributed by atoms with Gasteiger partial charge in [-0.2, -0.15) is 0 Å². The molecule has 0 saturated carbocycles. The molecule has 0 saturated heterocycles. The summed E-state index contributed by atoms with van der Waals surface area (Å²) >= 11 is 1.78. The highest BCUT2D eigenvalue weighted by Crippen LogP contribution is 2.21. The van der Waals surface area contributed by atoms with Gasteiger partial charge < -0.3 is 15.4 Å². The molecule has 4 nitrogen and oxygen atoms in total. The number of ether oxygens (including phenoxy) is 1. The van der Waals surface area contributed by atoms with Crippen LogP contribution in [0.4, 0.5) is 4.79 Å². The number of nitrogens with one attached hydrogen (secondary N) is 2. The molecule has 1 aromatic heterocycles. The Bertz CT molecular complexity index is 412. The van der Waals surface area contributed by atoms with Crippen LogP contribution in [0.1, 0.15) is 58.4 Å². The predicted molar refractivity (Wildman–Crippen MR) is 88.8 cm³/mol. The summed E-state index contributed by atoms with van der Waals surface area (Å²) in [6.07, 6.45) is 1.59. The Balaban J connectivity index is 2.26. The molecule has 0 spiro atoms. The van der Waals surface area contributed by atoms with Crippen LogP contribution in [0.5, 0.6) is 0 Å². The maximum Gasteiger partial charge on any atom is 0.407 e. The van der Waals surface area contributed by atoms with Gasteiger partial charge in [0, 0.05) is 17.0 Å². The number of hydrogen-bond acceptors (Lipinski definition) is 4. The number of carbonyl (C=O) groups excluding carboxylic acids is 1. The molecule has 1 aromatic rings. The van der Waals surface area contributed by atoms with E-state index in [4.69, 9.17) is 4.74 Å². The van der Waals surface area contributed by atoms with Gasteiger partial charge >= 0.3 is 6.09 Å². The van der Waals surface area contributed by atoms with E-state index in [9.17, 15) is 4.79 Å². The number of hydrogen-bond donors (Lipinski definition) is 2. The summed E-state index contributed by atoms with van der Waals surface area (Å²) in [6.45, 7) is 10.6. The lowest BCUT2D eigenvalue weighted by Crippen LogP contribution is -2.39. The molecule has 2 N–H and O–H groups in total. The summed E-state index contributed by atoms with van der Waals surface area (Å²) < 4.78 is 5.25. The zero-order chi connectivity index (χ0) is 15.9. The number of alkyl carbamates (subject to hydrolysis) is 1. The van der Waals surface area contributed by atoms with Gasteiger partial charge in [-0.15, -0.1) is 11.3 Å². The van der Waals surface area contributed by atoms with E-state index in [0.717, 1.165) is 19.4 Å². The fourth-order valence-electron chi connectivity index (χ4n) is 1.99. The third-order valence-electron chi connectivity index (χ3n) is 3.03. The van der Waals surface area contributed by atoms with Gasteiger partial charge in [0.15, 0.2) is 0 Å². The smallest absolute Gasteiger partial charge is 0.407 e. The Morgan fingerprint density at radius 1 is 1.43 bits per heavy atom. The Labute approximate surface area is 132 Å². The lowest BCUT2D eigenvalue weighted by atomic mass is 10.1. The maximum absolute atomic E-state index is 11.7. The maximum atomic E-state index is 11.7. The van der Waals surface area contributed by atoms with Crippen LogP contribution in [0.15, 0.2) is 17.5 Å². The Hall–Kier alpha value is -1.07. The fraction of sp³-hybridized carbons (Fsp3) is 0.688. The van der Waals surface area contributed by atoms with Crippen LogP contribution in [0, 0.1) is 0 Å². The van der Waals surface area contributed by atoms with Crippen molar-refractivity contribution in [1.82, 2.24) is 10.6 Å². The summed E-state index contributed by atoms with van der Waals surface area (Å²) in [5.74, 6) is 0. The van der Waals surface area contributed by atoms with Gasteiger partial charge in [0.2, 0.25) is 0 Å². The molecule has 2 unspecified atom stereocenters. The van der Waals surface area contributed by atoms with Crippen molar-refractivity contribution in [1.29, 1.82) is 0 Å². The average molecular weight is 312 g/mol. The van der Waals surface area contributed by atoms with Crippen LogP contribution in [0.2, 0.25) is 0 Å². The Morgan fingerprint density at radius 2 is 2.14 bits per heavy atom. The first-order chi connectivity index (χ1) is 9.81. The highest BCUT2D eigenvalue weighted by Gasteiger charge is 2.17. The van der Waals surface area contributed by atoms with Crippen molar-refractivity contribution in [2.75, 3.05) is 6.54 Å². The van der Waals surface area contributed by atoms with Crippen molar-refractivity contribution in [3.63, 3.8) is 0 Å². The molecule has 1 rings (SSSR count). The van der Waals surface area contributed by atoms with Gasteiger partial charge in [0.1, 0.15) is 5.60 Å². The zero-order valence-corrected chi connectivity index (χ0v) is 14.5. The molecule has 0 bridgehead atoms. The fourth-order valence-corrected chi connectivity index (χ4v) is 2.88. The van der Waals surface area contributed by atoms with E-state index < -0.39 is 5.60 Å². The molecule has 5 heteroatoms. The molecule has 0 aliphatic carbocycles. The van der Waals surface area contributed by atoms with E-state index in [1.54, 1.807) is 11.3 Å². The van der Waals surface area contributed by atoms with Crippen LogP contribution in [-0.2, 0) is 4.74 Å². The lowest BCUT2D eigenvalue weighted by Gasteiger charge is -2.22. The molecule has 0 aliphatic rings. The Morgan fingerprint density at radius 3 is 2.67 bits per heavy atom. The van der Waals surface area contributed by atoms with Gasteiger partial charge in [0.05, 0.1) is 0 Å². The van der Waals surface area contributed by atoms with Gasteiger partial charge in [-0.05, 0) is 58.5 Å². The second kappa shape index (κ2) is 8.39. The first-order valence-corrected chi connectivity index (χ1v) is 8.46. The van der Waals surface area contributed by atoms with Crippen molar-refractivity contribution in [2.24, 2.45) is 0 Å². The van der Waals surface area contributed by atoms with Crippen molar-refractivity contribution in [3.05, 3.63) is 22.4 Å². The third kappa shape index (κ3) is 7.48. The number of amides is 1. The Kier molecular flexibility index (Phi) is 7.18. The largest absolute Gasteiger partial charge is 0.444 e. The zero-order valence-electron chi connectivity index (χ0n) is 13.7. The lowest BCUT2D eigenvalue weighted by molar-refractivity contribution is 0.0506. The number of thiophene rings is 1. The molecular formula is C16H28N2O2S. The first kappa shape index (κ1) is 18.0. The highest BCUT2D eigenvalue weighted by molar-refractivity contribution is 7.10. The molecule has 0 fully saturated rings. The minimum atomic E-state index is -0.450. The van der Waals surface area contributed by atoms with Crippen LogP contribution in [-0.4, -0.2) is 24.3 Å². The van der Waals surface area contributed by atoms with Crippen molar-refractivity contribution in [2.45, 2.75) is 65.1 Å². The van der Waals surface area contributed by atoms with E-state index in [0.29, 0.717) is 6.04 Å². The first-order valence-electron chi connectivity index (χ1n) is 7.58. The van der Waals surface area contributed by atoms with Crippen molar-refractivity contribution >= 4 is 17.4 Å². The van der Waals surface area contributed by atoms with Crippen LogP contribution in [0.25, 0.3) is 0 Å². The van der Waals surface area contributed by atoms with Crippen LogP contribution >= 0.6 is 11.3 Å². The molecule has 2 atom stereocenters. The summed E-state index contributed by atoms with van der Waals surface area (Å²) in [7, 11) is 0. The van der Waals surface area contributed by atoms with Gasteiger partial charge in [-0.3, -0.25) is 0 Å². The topological polar surface area (TPSA) is 50.4 Å². The number of rotatable bonds is 7. The van der Waals surface area contributed by atoms with E-state index in [-0.39, 0.29) is 12.1 Å². The van der Waals surface area contributed by atoms with E-state index in [1.165, 1.54) is 4.88 Å². The van der Waals surface area contributed by atoms with E-state index in [1.807, 2.05) is 27.7 Å². The molecule has 0 aromatic carbocycles. The summed E-state index contributed by atoms with van der Waals surface area (Å²) in [5, 5.41) is 8.51. The molecule has 1 amide bonds. The second-order valence-corrected chi connectivity index (χ2v) is 7.25. The van der Waals surface area contributed by atoms with Crippen LogP contribution < -0.4 is 10.6 Å².